The zero-order valence-corrected chi connectivity index (χ0v) is 17.8. The van der Waals surface area contributed by atoms with Gasteiger partial charge in [-0.3, -0.25) is 4.79 Å². The van der Waals surface area contributed by atoms with Crippen LogP contribution in [0.25, 0.3) is 0 Å². The van der Waals surface area contributed by atoms with E-state index in [1.54, 1.807) is 19.1 Å². The van der Waals surface area contributed by atoms with Crippen LogP contribution in [-0.2, 0) is 23.9 Å². The molecule has 0 radical (unpaired) electrons. The summed E-state index contributed by atoms with van der Waals surface area (Å²) in [6.45, 7) is 0.0144. The normalized spacial score (nSPS) is 11.3. The van der Waals surface area contributed by atoms with E-state index in [-0.39, 0.29) is 19.0 Å². The molecule has 0 fully saturated rings. The molecule has 0 spiro atoms. The van der Waals surface area contributed by atoms with Gasteiger partial charge < -0.3 is 15.0 Å². The van der Waals surface area contributed by atoms with Crippen LogP contribution in [-0.4, -0.2) is 36.0 Å². The van der Waals surface area contributed by atoms with Gasteiger partial charge in [0, 0.05) is 31.5 Å². The Kier molecular flexibility index (Phi) is 7.11. The molecule has 0 aliphatic carbocycles. The summed E-state index contributed by atoms with van der Waals surface area (Å²) < 4.78 is 47.9. The molecule has 0 unspecified atom stereocenters. The van der Waals surface area contributed by atoms with E-state index in [1.807, 2.05) is 24.3 Å². The van der Waals surface area contributed by atoms with Crippen molar-refractivity contribution < 1.29 is 22.7 Å². The van der Waals surface area contributed by atoms with Crippen LogP contribution < -0.4 is 15.0 Å². The SMILES string of the molecule is COc1cccc(Cc2nsc(N(C)CC(=O)NCc3cccc(C(F)(F)F)c3)n2)c1. The van der Waals surface area contributed by atoms with Gasteiger partial charge in [-0.15, -0.1) is 0 Å². The lowest BCUT2D eigenvalue weighted by molar-refractivity contribution is -0.137. The van der Waals surface area contributed by atoms with Crippen molar-refractivity contribution in [1.82, 2.24) is 14.7 Å². The Hall–Kier alpha value is -3.14. The maximum Gasteiger partial charge on any atom is 0.416 e. The average molecular weight is 450 g/mol. The smallest absolute Gasteiger partial charge is 0.416 e. The van der Waals surface area contributed by atoms with Gasteiger partial charge in [0.05, 0.1) is 19.2 Å². The molecular weight excluding hydrogens is 429 g/mol. The Bertz CT molecular complexity index is 1040. The van der Waals surface area contributed by atoms with Crippen LogP contribution >= 0.6 is 11.5 Å². The van der Waals surface area contributed by atoms with Crippen molar-refractivity contribution in [3.63, 3.8) is 0 Å². The highest BCUT2D eigenvalue weighted by atomic mass is 32.1. The molecule has 0 bridgehead atoms. The number of carbonyl (C=O) groups excluding carboxylic acids is 1. The van der Waals surface area contributed by atoms with Crippen LogP contribution in [0.1, 0.15) is 22.5 Å². The largest absolute Gasteiger partial charge is 0.497 e. The molecule has 0 saturated carbocycles. The maximum absolute atomic E-state index is 12.8. The van der Waals surface area contributed by atoms with Crippen molar-refractivity contribution in [3.05, 3.63) is 71.0 Å². The second-order valence-electron chi connectivity index (χ2n) is 6.85. The summed E-state index contributed by atoms with van der Waals surface area (Å²) in [7, 11) is 3.31. The molecule has 3 rings (SSSR count). The Morgan fingerprint density at radius 3 is 2.65 bits per heavy atom. The summed E-state index contributed by atoms with van der Waals surface area (Å²) in [5.74, 6) is 1.05. The van der Waals surface area contributed by atoms with Crippen LogP contribution in [0.2, 0.25) is 0 Å². The molecule has 0 saturated heterocycles. The van der Waals surface area contributed by atoms with Crippen LogP contribution in [0, 0.1) is 0 Å². The maximum atomic E-state index is 12.8. The van der Waals surface area contributed by atoms with Crippen molar-refractivity contribution in [2.45, 2.75) is 19.1 Å². The standard InChI is InChI=1S/C21H21F3N4O2S/c1-28(13-19(29)25-12-15-6-3-7-16(9-15)21(22,23)24)20-26-18(27-31-20)11-14-5-4-8-17(10-14)30-2/h3-10H,11-13H2,1-2H3,(H,25,29). The van der Waals surface area contributed by atoms with E-state index in [4.69, 9.17) is 4.74 Å². The summed E-state index contributed by atoms with van der Waals surface area (Å²) in [5, 5.41) is 3.21. The van der Waals surface area contributed by atoms with Crippen molar-refractivity contribution in [1.29, 1.82) is 0 Å². The molecule has 1 amide bonds. The number of nitrogens with zero attached hydrogens (tertiary/aromatic N) is 3. The monoisotopic (exact) mass is 450 g/mol. The number of hydrogen-bond donors (Lipinski definition) is 1. The first-order chi connectivity index (χ1) is 14.7. The minimum absolute atomic E-state index is 0.00670. The summed E-state index contributed by atoms with van der Waals surface area (Å²) in [6, 6.07) is 12.5. The molecular formula is C21H21F3N4O2S. The van der Waals surface area contributed by atoms with Crippen LogP contribution in [0.15, 0.2) is 48.5 Å². The summed E-state index contributed by atoms with van der Waals surface area (Å²) in [6.07, 6.45) is -3.88. The number of rotatable bonds is 8. The molecule has 0 aliphatic heterocycles. The van der Waals surface area contributed by atoms with Crippen LogP contribution in [0.3, 0.4) is 0 Å². The molecule has 0 atom stereocenters. The van der Waals surface area contributed by atoms with Gasteiger partial charge in [-0.1, -0.05) is 24.3 Å². The number of methoxy groups -OCH3 is 1. The van der Waals surface area contributed by atoms with Gasteiger partial charge in [-0.05, 0) is 35.4 Å². The number of hydrogen-bond acceptors (Lipinski definition) is 6. The van der Waals surface area contributed by atoms with Gasteiger partial charge in [0.2, 0.25) is 11.0 Å². The highest BCUT2D eigenvalue weighted by Crippen LogP contribution is 2.29. The van der Waals surface area contributed by atoms with E-state index in [0.717, 1.165) is 23.4 Å². The number of anilines is 1. The van der Waals surface area contributed by atoms with E-state index in [9.17, 15) is 18.0 Å². The number of carbonyl (C=O) groups is 1. The minimum Gasteiger partial charge on any atom is -0.497 e. The van der Waals surface area contributed by atoms with Crippen molar-refractivity contribution in [3.8, 4) is 5.75 Å². The van der Waals surface area contributed by atoms with E-state index in [2.05, 4.69) is 14.7 Å². The molecule has 1 N–H and O–H groups in total. The topological polar surface area (TPSA) is 67.3 Å². The molecule has 2 aromatic carbocycles. The number of nitrogens with one attached hydrogen (secondary N) is 1. The van der Waals surface area contributed by atoms with E-state index < -0.39 is 11.7 Å². The Morgan fingerprint density at radius 2 is 1.90 bits per heavy atom. The third-order valence-electron chi connectivity index (χ3n) is 4.41. The minimum atomic E-state index is -4.42. The van der Waals surface area contributed by atoms with Crippen LogP contribution in [0.4, 0.5) is 18.3 Å². The van der Waals surface area contributed by atoms with E-state index >= 15 is 0 Å². The Morgan fingerprint density at radius 1 is 1.16 bits per heavy atom. The molecule has 10 heteroatoms. The fourth-order valence-corrected chi connectivity index (χ4v) is 3.48. The highest BCUT2D eigenvalue weighted by Gasteiger charge is 2.30. The van der Waals surface area contributed by atoms with Gasteiger partial charge in [-0.2, -0.15) is 17.5 Å². The van der Waals surface area contributed by atoms with Crippen molar-refractivity contribution >= 4 is 22.6 Å². The number of alkyl halides is 3. The van der Waals surface area contributed by atoms with Crippen LogP contribution in [0.5, 0.6) is 5.75 Å². The zero-order chi connectivity index (χ0) is 22.4. The Balaban J connectivity index is 1.53. The number of aromatic nitrogens is 2. The predicted molar refractivity (Wildman–Crippen MR) is 112 cm³/mol. The lowest BCUT2D eigenvalue weighted by Crippen LogP contribution is -2.34. The lowest BCUT2D eigenvalue weighted by Gasteiger charge is -2.15. The molecule has 1 heterocycles. The second kappa shape index (κ2) is 9.78. The zero-order valence-electron chi connectivity index (χ0n) is 16.9. The Labute approximate surface area is 181 Å². The fraction of sp³-hybridized carbons (Fsp3) is 0.286. The van der Waals surface area contributed by atoms with Gasteiger partial charge in [-0.25, -0.2) is 4.98 Å². The molecule has 31 heavy (non-hydrogen) atoms. The highest BCUT2D eigenvalue weighted by molar-refractivity contribution is 7.09. The van der Waals surface area contributed by atoms with Gasteiger partial charge in [0.1, 0.15) is 11.6 Å². The van der Waals surface area contributed by atoms with E-state index in [0.29, 0.717) is 22.9 Å². The number of amides is 1. The van der Waals surface area contributed by atoms with Gasteiger partial charge >= 0.3 is 6.18 Å². The molecule has 0 aliphatic rings. The number of benzene rings is 2. The number of halogens is 3. The van der Waals surface area contributed by atoms with Crippen molar-refractivity contribution in [2.24, 2.45) is 0 Å². The predicted octanol–water partition coefficient (Wildman–Crippen LogP) is 3.91. The molecule has 1 aromatic heterocycles. The molecule has 3 aromatic rings. The molecule has 6 nitrogen and oxygen atoms in total. The number of ether oxygens (including phenoxy) is 1. The second-order valence-corrected chi connectivity index (χ2v) is 7.58. The fourth-order valence-electron chi connectivity index (χ4n) is 2.83. The first-order valence-corrected chi connectivity index (χ1v) is 10.1. The molecule has 164 valence electrons. The van der Waals surface area contributed by atoms with Gasteiger partial charge in [0.15, 0.2) is 0 Å². The van der Waals surface area contributed by atoms with Gasteiger partial charge in [0.25, 0.3) is 0 Å². The first-order valence-electron chi connectivity index (χ1n) is 9.34. The third kappa shape index (κ3) is 6.42. The van der Waals surface area contributed by atoms with Crippen molar-refractivity contribution in [2.75, 3.05) is 25.6 Å². The summed E-state index contributed by atoms with van der Waals surface area (Å²) in [5.41, 5.74) is 0.640. The lowest BCUT2D eigenvalue weighted by atomic mass is 10.1. The summed E-state index contributed by atoms with van der Waals surface area (Å²) >= 11 is 1.18. The quantitative estimate of drug-likeness (QED) is 0.564. The summed E-state index contributed by atoms with van der Waals surface area (Å²) in [4.78, 5) is 18.3. The van der Waals surface area contributed by atoms with E-state index in [1.165, 1.54) is 23.7 Å². The first kappa shape index (κ1) is 22.5. The average Bonchev–Trinajstić information content (AvgIpc) is 3.20. The third-order valence-corrected chi connectivity index (χ3v) is 5.27. The number of likely N-dealkylation sites (N-methyl/N-ethyl adjacent to an activating group) is 1.